The summed E-state index contributed by atoms with van der Waals surface area (Å²) in [5.41, 5.74) is 3.71. The van der Waals surface area contributed by atoms with E-state index in [0.29, 0.717) is 11.7 Å². The van der Waals surface area contributed by atoms with Crippen LogP contribution in [0.25, 0.3) is 0 Å². The summed E-state index contributed by atoms with van der Waals surface area (Å²) < 4.78 is 5.59. The number of hydrogen-bond acceptors (Lipinski definition) is 3. The second kappa shape index (κ2) is 9.97. The van der Waals surface area contributed by atoms with Gasteiger partial charge in [-0.3, -0.25) is 5.43 Å². The summed E-state index contributed by atoms with van der Waals surface area (Å²) in [5.74, 6) is 0.881. The molecule has 108 valence electrons. The standard InChI is InChI=1S/C15H21N3OS/c1-3-5-11-19-14-8-6-13(7-9-14)12-17-18-15(20)16-10-4-2/h4,6-9,12H,2-3,5,10-11H2,1H3,(H2,16,18,20)/b17-12-. The van der Waals surface area contributed by atoms with E-state index < -0.39 is 0 Å². The Morgan fingerprint density at radius 3 is 2.80 bits per heavy atom. The van der Waals surface area contributed by atoms with E-state index in [4.69, 9.17) is 17.0 Å². The monoisotopic (exact) mass is 291 g/mol. The topological polar surface area (TPSA) is 45.7 Å². The maximum atomic E-state index is 5.59. The Bertz CT molecular complexity index is 443. The zero-order valence-corrected chi connectivity index (χ0v) is 12.6. The van der Waals surface area contributed by atoms with Crippen LogP contribution in [0.4, 0.5) is 0 Å². The van der Waals surface area contributed by atoms with Crippen LogP contribution in [-0.2, 0) is 0 Å². The molecule has 0 radical (unpaired) electrons. The van der Waals surface area contributed by atoms with Gasteiger partial charge in [0.25, 0.3) is 0 Å². The third-order valence-corrected chi connectivity index (χ3v) is 2.67. The van der Waals surface area contributed by atoms with Crippen LogP contribution in [0.2, 0.25) is 0 Å². The predicted octanol–water partition coefficient (Wildman–Crippen LogP) is 2.85. The van der Waals surface area contributed by atoms with Gasteiger partial charge in [0.1, 0.15) is 5.75 Å². The predicted molar refractivity (Wildman–Crippen MR) is 88.4 cm³/mol. The Morgan fingerprint density at radius 2 is 2.15 bits per heavy atom. The average molecular weight is 291 g/mol. The van der Waals surface area contributed by atoms with E-state index in [1.807, 2.05) is 24.3 Å². The molecule has 0 saturated carbocycles. The molecule has 1 rings (SSSR count). The maximum Gasteiger partial charge on any atom is 0.187 e. The van der Waals surface area contributed by atoms with Gasteiger partial charge in [0.15, 0.2) is 5.11 Å². The van der Waals surface area contributed by atoms with E-state index in [1.165, 1.54) is 0 Å². The molecule has 0 saturated heterocycles. The van der Waals surface area contributed by atoms with Gasteiger partial charge in [-0.15, -0.1) is 6.58 Å². The van der Waals surface area contributed by atoms with Gasteiger partial charge in [0, 0.05) is 6.54 Å². The summed E-state index contributed by atoms with van der Waals surface area (Å²) in [4.78, 5) is 0. The van der Waals surface area contributed by atoms with Gasteiger partial charge in [0.2, 0.25) is 0 Å². The van der Waals surface area contributed by atoms with Crippen molar-refractivity contribution in [2.45, 2.75) is 19.8 Å². The van der Waals surface area contributed by atoms with Crippen LogP contribution in [0.5, 0.6) is 5.75 Å². The van der Waals surface area contributed by atoms with Crippen LogP contribution in [0, 0.1) is 0 Å². The molecular formula is C15H21N3OS. The number of nitrogens with zero attached hydrogens (tertiary/aromatic N) is 1. The lowest BCUT2D eigenvalue weighted by Crippen LogP contribution is -2.31. The number of hydrazone groups is 1. The number of thiocarbonyl (C=S) groups is 1. The van der Waals surface area contributed by atoms with Crippen molar-refractivity contribution < 1.29 is 4.74 Å². The highest BCUT2D eigenvalue weighted by Crippen LogP contribution is 2.11. The zero-order chi connectivity index (χ0) is 14.6. The van der Waals surface area contributed by atoms with Crippen LogP contribution < -0.4 is 15.5 Å². The third-order valence-electron chi connectivity index (χ3n) is 2.43. The van der Waals surface area contributed by atoms with Crippen LogP contribution in [0.1, 0.15) is 25.3 Å². The quantitative estimate of drug-likeness (QED) is 0.254. The minimum absolute atomic E-state index is 0.473. The Balaban J connectivity index is 2.36. The van der Waals surface area contributed by atoms with E-state index in [1.54, 1.807) is 12.3 Å². The van der Waals surface area contributed by atoms with Crippen molar-refractivity contribution in [2.75, 3.05) is 13.2 Å². The summed E-state index contributed by atoms with van der Waals surface area (Å²) in [6.07, 6.45) is 5.64. The van der Waals surface area contributed by atoms with Crippen LogP contribution in [-0.4, -0.2) is 24.5 Å². The molecule has 2 N–H and O–H groups in total. The number of ether oxygens (including phenoxy) is 1. The molecule has 0 aliphatic heterocycles. The van der Waals surface area contributed by atoms with E-state index in [-0.39, 0.29) is 0 Å². The molecule has 0 unspecified atom stereocenters. The largest absolute Gasteiger partial charge is 0.494 e. The fraction of sp³-hybridized carbons (Fsp3) is 0.333. The first-order valence-electron chi connectivity index (χ1n) is 6.67. The Labute approximate surface area is 125 Å². The van der Waals surface area contributed by atoms with Crippen molar-refractivity contribution in [1.29, 1.82) is 0 Å². The van der Waals surface area contributed by atoms with E-state index in [0.717, 1.165) is 30.8 Å². The van der Waals surface area contributed by atoms with Gasteiger partial charge in [-0.25, -0.2) is 0 Å². The molecule has 0 aromatic heterocycles. The lowest BCUT2D eigenvalue weighted by Gasteiger charge is -2.05. The third kappa shape index (κ3) is 6.89. The molecule has 20 heavy (non-hydrogen) atoms. The average Bonchev–Trinajstić information content (AvgIpc) is 2.47. The van der Waals surface area contributed by atoms with E-state index in [2.05, 4.69) is 29.3 Å². The van der Waals surface area contributed by atoms with Gasteiger partial charge in [-0.05, 0) is 48.5 Å². The normalized spacial score (nSPS) is 10.2. The first kappa shape index (κ1) is 16.2. The summed E-state index contributed by atoms with van der Waals surface area (Å²) in [5, 5.41) is 7.44. The van der Waals surface area contributed by atoms with Crippen molar-refractivity contribution in [2.24, 2.45) is 5.10 Å². The summed E-state index contributed by atoms with van der Waals surface area (Å²) in [6.45, 7) is 7.11. The second-order valence-corrected chi connectivity index (χ2v) is 4.55. The zero-order valence-electron chi connectivity index (χ0n) is 11.8. The highest BCUT2D eigenvalue weighted by atomic mass is 32.1. The number of rotatable bonds is 8. The molecule has 1 aromatic carbocycles. The Morgan fingerprint density at radius 1 is 1.40 bits per heavy atom. The first-order valence-corrected chi connectivity index (χ1v) is 7.07. The van der Waals surface area contributed by atoms with Gasteiger partial charge >= 0.3 is 0 Å². The van der Waals surface area contributed by atoms with Crippen LogP contribution in [0.15, 0.2) is 42.0 Å². The van der Waals surface area contributed by atoms with Crippen molar-refractivity contribution in [3.8, 4) is 5.75 Å². The van der Waals surface area contributed by atoms with Gasteiger partial charge < -0.3 is 10.1 Å². The second-order valence-electron chi connectivity index (χ2n) is 4.14. The van der Waals surface area contributed by atoms with Crippen molar-refractivity contribution in [3.05, 3.63) is 42.5 Å². The van der Waals surface area contributed by atoms with Crippen molar-refractivity contribution in [3.63, 3.8) is 0 Å². The molecule has 0 fully saturated rings. The lowest BCUT2D eigenvalue weighted by atomic mass is 10.2. The van der Waals surface area contributed by atoms with Gasteiger partial charge in [-0.2, -0.15) is 5.10 Å². The molecule has 0 aliphatic rings. The minimum Gasteiger partial charge on any atom is -0.494 e. The maximum absolute atomic E-state index is 5.59. The number of hydrogen-bond donors (Lipinski definition) is 2. The van der Waals surface area contributed by atoms with Crippen molar-refractivity contribution in [1.82, 2.24) is 10.7 Å². The molecule has 0 spiro atoms. The first-order chi connectivity index (χ1) is 9.76. The molecule has 0 atom stereocenters. The molecule has 0 bridgehead atoms. The molecule has 0 amide bonds. The van der Waals surface area contributed by atoms with Crippen LogP contribution in [0.3, 0.4) is 0 Å². The summed E-state index contributed by atoms with van der Waals surface area (Å²) in [7, 11) is 0. The Kier molecular flexibility index (Phi) is 8.07. The smallest absolute Gasteiger partial charge is 0.187 e. The Hall–Kier alpha value is -1.88. The molecule has 5 heteroatoms. The molecule has 0 heterocycles. The fourth-order valence-electron chi connectivity index (χ4n) is 1.35. The van der Waals surface area contributed by atoms with Gasteiger partial charge in [-0.1, -0.05) is 19.4 Å². The van der Waals surface area contributed by atoms with E-state index >= 15 is 0 Å². The number of nitrogens with one attached hydrogen (secondary N) is 2. The summed E-state index contributed by atoms with van der Waals surface area (Å²) in [6, 6.07) is 7.77. The molecule has 4 nitrogen and oxygen atoms in total. The number of benzene rings is 1. The SMILES string of the molecule is C=CCNC(=S)N/N=C\c1ccc(OCCCC)cc1. The van der Waals surface area contributed by atoms with E-state index in [9.17, 15) is 0 Å². The highest BCUT2D eigenvalue weighted by Gasteiger charge is 1.94. The minimum atomic E-state index is 0.473. The highest BCUT2D eigenvalue weighted by molar-refractivity contribution is 7.80. The van der Waals surface area contributed by atoms with Crippen LogP contribution >= 0.6 is 12.2 Å². The lowest BCUT2D eigenvalue weighted by molar-refractivity contribution is 0.309. The number of unbranched alkanes of at least 4 members (excludes halogenated alkanes) is 1. The molecular weight excluding hydrogens is 270 g/mol. The van der Waals surface area contributed by atoms with Crippen molar-refractivity contribution >= 4 is 23.5 Å². The molecule has 1 aromatic rings. The fourth-order valence-corrected chi connectivity index (χ4v) is 1.49. The summed E-state index contributed by atoms with van der Waals surface area (Å²) >= 11 is 5.01. The van der Waals surface area contributed by atoms with Gasteiger partial charge in [0.05, 0.1) is 12.8 Å². The molecule has 0 aliphatic carbocycles.